The Bertz CT molecular complexity index is 399. The minimum absolute atomic E-state index is 0.300. The molecule has 1 atom stereocenters. The zero-order valence-electron chi connectivity index (χ0n) is 9.17. The number of fused-ring (bicyclic) bond motifs is 1. The SMILES string of the molecule is Cc1ccc(F)c2c1OC(C)(C)CC2O. The molecule has 1 N–H and O–H groups in total. The fourth-order valence-corrected chi connectivity index (χ4v) is 2.02. The molecule has 1 aliphatic heterocycles. The Labute approximate surface area is 88.7 Å². The first-order chi connectivity index (χ1) is 6.91. The summed E-state index contributed by atoms with van der Waals surface area (Å²) in [5.41, 5.74) is 0.720. The number of rotatable bonds is 0. The van der Waals surface area contributed by atoms with E-state index in [1.165, 1.54) is 6.07 Å². The van der Waals surface area contributed by atoms with Gasteiger partial charge in [0.1, 0.15) is 17.2 Å². The standard InChI is InChI=1S/C12H15FO2/c1-7-4-5-8(13)10-9(14)6-12(2,3)15-11(7)10/h4-5,9,14H,6H2,1-3H3. The van der Waals surface area contributed by atoms with E-state index in [1.807, 2.05) is 20.8 Å². The first kappa shape index (κ1) is 10.4. The molecule has 0 saturated carbocycles. The van der Waals surface area contributed by atoms with Crippen LogP contribution < -0.4 is 4.74 Å². The Hall–Kier alpha value is -1.09. The number of benzene rings is 1. The molecule has 1 aliphatic rings. The molecule has 0 fully saturated rings. The van der Waals surface area contributed by atoms with Crippen LogP contribution in [0.4, 0.5) is 4.39 Å². The molecule has 82 valence electrons. The molecule has 0 radical (unpaired) electrons. The van der Waals surface area contributed by atoms with Gasteiger partial charge in [-0.2, -0.15) is 0 Å². The van der Waals surface area contributed by atoms with Gasteiger partial charge in [0, 0.05) is 6.42 Å². The molecule has 0 saturated heterocycles. The maximum absolute atomic E-state index is 13.5. The second-order valence-corrected chi connectivity index (χ2v) is 4.69. The number of aliphatic hydroxyl groups is 1. The van der Waals surface area contributed by atoms with E-state index in [4.69, 9.17) is 4.74 Å². The van der Waals surface area contributed by atoms with Gasteiger partial charge < -0.3 is 9.84 Å². The molecular weight excluding hydrogens is 195 g/mol. The largest absolute Gasteiger partial charge is 0.487 e. The smallest absolute Gasteiger partial charge is 0.132 e. The van der Waals surface area contributed by atoms with Gasteiger partial charge in [-0.1, -0.05) is 6.07 Å². The van der Waals surface area contributed by atoms with Crippen molar-refractivity contribution in [1.82, 2.24) is 0 Å². The highest BCUT2D eigenvalue weighted by Gasteiger charge is 2.35. The van der Waals surface area contributed by atoms with Gasteiger partial charge in [0.05, 0.1) is 11.7 Å². The van der Waals surface area contributed by atoms with E-state index < -0.39 is 17.5 Å². The lowest BCUT2D eigenvalue weighted by Crippen LogP contribution is -2.35. The molecule has 1 unspecified atom stereocenters. The van der Waals surface area contributed by atoms with Crippen LogP contribution in [0.5, 0.6) is 5.75 Å². The van der Waals surface area contributed by atoms with Gasteiger partial charge in [-0.3, -0.25) is 0 Å². The van der Waals surface area contributed by atoms with Crippen LogP contribution >= 0.6 is 0 Å². The van der Waals surface area contributed by atoms with E-state index in [0.29, 0.717) is 17.7 Å². The van der Waals surface area contributed by atoms with Crippen LogP contribution in [0.25, 0.3) is 0 Å². The van der Waals surface area contributed by atoms with E-state index in [9.17, 15) is 9.50 Å². The second kappa shape index (κ2) is 3.20. The zero-order valence-corrected chi connectivity index (χ0v) is 9.17. The van der Waals surface area contributed by atoms with E-state index in [1.54, 1.807) is 6.07 Å². The number of aliphatic hydroxyl groups excluding tert-OH is 1. The first-order valence-corrected chi connectivity index (χ1v) is 5.07. The summed E-state index contributed by atoms with van der Waals surface area (Å²) in [6.45, 7) is 5.64. The third-order valence-corrected chi connectivity index (χ3v) is 2.74. The van der Waals surface area contributed by atoms with Gasteiger partial charge in [0.2, 0.25) is 0 Å². The summed E-state index contributed by atoms with van der Waals surface area (Å²) in [6, 6.07) is 3.04. The number of hydrogen-bond acceptors (Lipinski definition) is 2. The Morgan fingerprint density at radius 3 is 2.80 bits per heavy atom. The van der Waals surface area contributed by atoms with Gasteiger partial charge in [0.15, 0.2) is 0 Å². The summed E-state index contributed by atoms with van der Waals surface area (Å²) in [5.74, 6) is 0.109. The van der Waals surface area contributed by atoms with Gasteiger partial charge in [-0.25, -0.2) is 4.39 Å². The number of ether oxygens (including phenoxy) is 1. The van der Waals surface area contributed by atoms with Gasteiger partial charge in [0.25, 0.3) is 0 Å². The van der Waals surface area contributed by atoms with Gasteiger partial charge >= 0.3 is 0 Å². The lowest BCUT2D eigenvalue weighted by Gasteiger charge is -2.36. The fraction of sp³-hybridized carbons (Fsp3) is 0.500. The van der Waals surface area contributed by atoms with Crippen molar-refractivity contribution >= 4 is 0 Å². The fourth-order valence-electron chi connectivity index (χ4n) is 2.02. The quantitative estimate of drug-likeness (QED) is 0.713. The van der Waals surface area contributed by atoms with Crippen molar-refractivity contribution in [3.05, 3.63) is 29.1 Å². The van der Waals surface area contributed by atoms with Crippen molar-refractivity contribution in [3.8, 4) is 5.75 Å². The van der Waals surface area contributed by atoms with E-state index in [-0.39, 0.29) is 0 Å². The molecular formula is C12H15FO2. The average molecular weight is 210 g/mol. The average Bonchev–Trinajstić information content (AvgIpc) is 2.09. The molecule has 0 aromatic heterocycles. The van der Waals surface area contributed by atoms with E-state index >= 15 is 0 Å². The Kier molecular flexibility index (Phi) is 2.23. The van der Waals surface area contributed by atoms with Crippen molar-refractivity contribution in [2.75, 3.05) is 0 Å². The molecule has 3 heteroatoms. The molecule has 1 aromatic carbocycles. The molecule has 1 heterocycles. The lowest BCUT2D eigenvalue weighted by molar-refractivity contribution is 0.00851. The van der Waals surface area contributed by atoms with Crippen molar-refractivity contribution in [3.63, 3.8) is 0 Å². The molecule has 2 nitrogen and oxygen atoms in total. The number of halogens is 1. The van der Waals surface area contributed by atoms with Crippen LogP contribution in [0.3, 0.4) is 0 Å². The summed E-state index contributed by atoms with van der Waals surface area (Å²) in [5, 5.41) is 9.88. The number of aryl methyl sites for hydroxylation is 1. The minimum atomic E-state index is -0.774. The monoisotopic (exact) mass is 210 g/mol. The van der Waals surface area contributed by atoms with Crippen LogP contribution in [-0.4, -0.2) is 10.7 Å². The highest BCUT2D eigenvalue weighted by atomic mass is 19.1. The third kappa shape index (κ3) is 1.72. The number of hydrogen-bond donors (Lipinski definition) is 1. The summed E-state index contributed by atoms with van der Waals surface area (Å²) >= 11 is 0. The second-order valence-electron chi connectivity index (χ2n) is 4.69. The van der Waals surface area contributed by atoms with Crippen LogP contribution in [-0.2, 0) is 0 Å². The summed E-state index contributed by atoms with van der Waals surface area (Å²) in [6.07, 6.45) is -0.357. The maximum atomic E-state index is 13.5. The predicted molar refractivity (Wildman–Crippen MR) is 55.4 cm³/mol. The summed E-state index contributed by atoms with van der Waals surface area (Å²) < 4.78 is 19.2. The van der Waals surface area contributed by atoms with Crippen LogP contribution in [0, 0.1) is 12.7 Å². The zero-order chi connectivity index (χ0) is 11.2. The van der Waals surface area contributed by atoms with Crippen molar-refractivity contribution in [2.24, 2.45) is 0 Å². The highest BCUT2D eigenvalue weighted by Crippen LogP contribution is 2.42. The van der Waals surface area contributed by atoms with Crippen LogP contribution in [0.15, 0.2) is 12.1 Å². The predicted octanol–water partition coefficient (Wildman–Crippen LogP) is 2.73. The van der Waals surface area contributed by atoms with E-state index in [0.717, 1.165) is 5.56 Å². The van der Waals surface area contributed by atoms with Crippen molar-refractivity contribution in [2.45, 2.75) is 38.9 Å². The molecule has 0 aliphatic carbocycles. The third-order valence-electron chi connectivity index (χ3n) is 2.74. The molecule has 0 spiro atoms. The highest BCUT2D eigenvalue weighted by molar-refractivity contribution is 5.45. The van der Waals surface area contributed by atoms with Gasteiger partial charge in [-0.15, -0.1) is 0 Å². The molecule has 0 amide bonds. The maximum Gasteiger partial charge on any atom is 0.132 e. The molecule has 0 bridgehead atoms. The first-order valence-electron chi connectivity index (χ1n) is 5.07. The normalized spacial score (nSPS) is 23.1. The summed E-state index contributed by atoms with van der Waals surface area (Å²) in [7, 11) is 0. The molecule has 2 rings (SSSR count). The van der Waals surface area contributed by atoms with Crippen LogP contribution in [0.2, 0.25) is 0 Å². The Balaban J connectivity index is 2.59. The lowest BCUT2D eigenvalue weighted by atomic mass is 9.90. The Morgan fingerprint density at radius 1 is 1.47 bits per heavy atom. The minimum Gasteiger partial charge on any atom is -0.487 e. The van der Waals surface area contributed by atoms with Crippen molar-refractivity contribution < 1.29 is 14.2 Å². The molecule has 15 heavy (non-hydrogen) atoms. The van der Waals surface area contributed by atoms with Crippen molar-refractivity contribution in [1.29, 1.82) is 0 Å². The van der Waals surface area contributed by atoms with Crippen LogP contribution in [0.1, 0.15) is 37.5 Å². The van der Waals surface area contributed by atoms with E-state index in [2.05, 4.69) is 0 Å². The van der Waals surface area contributed by atoms with Gasteiger partial charge in [-0.05, 0) is 32.4 Å². The Morgan fingerprint density at radius 2 is 2.13 bits per heavy atom. The molecule has 1 aromatic rings. The summed E-state index contributed by atoms with van der Waals surface area (Å²) in [4.78, 5) is 0. The topological polar surface area (TPSA) is 29.5 Å².